The third-order valence-corrected chi connectivity index (χ3v) is 4.49. The van der Waals surface area contributed by atoms with Crippen molar-refractivity contribution in [3.63, 3.8) is 0 Å². The summed E-state index contributed by atoms with van der Waals surface area (Å²) in [5, 5.41) is 3.42. The van der Waals surface area contributed by atoms with E-state index in [-0.39, 0.29) is 0 Å². The third-order valence-electron chi connectivity index (χ3n) is 4.49. The van der Waals surface area contributed by atoms with Crippen LogP contribution in [0.1, 0.15) is 64.1 Å². The van der Waals surface area contributed by atoms with Crippen molar-refractivity contribution in [2.45, 2.75) is 72.4 Å². The summed E-state index contributed by atoms with van der Waals surface area (Å²) in [6.07, 6.45) is 6.28. The Balaban J connectivity index is 1.88. The van der Waals surface area contributed by atoms with Crippen LogP contribution in [0.2, 0.25) is 0 Å². The van der Waals surface area contributed by atoms with Gasteiger partial charge in [-0.25, -0.2) is 4.98 Å². The van der Waals surface area contributed by atoms with Crippen LogP contribution in [-0.2, 0) is 6.54 Å². The number of aromatic nitrogens is 1. The van der Waals surface area contributed by atoms with Crippen LogP contribution in [0, 0.1) is 12.3 Å². The highest BCUT2D eigenvalue weighted by Gasteiger charge is 2.28. The molecule has 0 radical (unpaired) electrons. The molecule has 0 aliphatic heterocycles. The van der Waals surface area contributed by atoms with Crippen molar-refractivity contribution in [3.8, 4) is 5.88 Å². The molecule has 0 atom stereocenters. The Morgan fingerprint density at radius 2 is 2.00 bits per heavy atom. The number of pyridine rings is 1. The van der Waals surface area contributed by atoms with Crippen molar-refractivity contribution in [2.75, 3.05) is 6.54 Å². The topological polar surface area (TPSA) is 34.1 Å². The molecule has 118 valence electrons. The van der Waals surface area contributed by atoms with E-state index < -0.39 is 0 Å². The monoisotopic (exact) mass is 290 g/mol. The zero-order chi connectivity index (χ0) is 15.3. The lowest BCUT2D eigenvalue weighted by atomic mass is 9.76. The molecule has 3 heteroatoms. The molecule has 1 aliphatic carbocycles. The number of rotatable bonds is 6. The van der Waals surface area contributed by atoms with Gasteiger partial charge in [0.15, 0.2) is 0 Å². The maximum Gasteiger partial charge on any atom is 0.213 e. The second kappa shape index (κ2) is 7.26. The summed E-state index contributed by atoms with van der Waals surface area (Å²) in [6, 6.07) is 4.17. The molecule has 2 rings (SSSR count). The van der Waals surface area contributed by atoms with Gasteiger partial charge < -0.3 is 10.1 Å². The van der Waals surface area contributed by atoms with E-state index in [1.54, 1.807) is 0 Å². The molecule has 1 N–H and O–H groups in total. The maximum absolute atomic E-state index is 6.08. The lowest BCUT2D eigenvalue weighted by molar-refractivity contribution is 0.0947. The highest BCUT2D eigenvalue weighted by atomic mass is 16.5. The number of hydrogen-bond donors (Lipinski definition) is 1. The van der Waals surface area contributed by atoms with Crippen molar-refractivity contribution in [1.29, 1.82) is 0 Å². The van der Waals surface area contributed by atoms with Gasteiger partial charge in [0.1, 0.15) is 6.10 Å². The summed E-state index contributed by atoms with van der Waals surface area (Å²) in [5.41, 5.74) is 2.82. The largest absolute Gasteiger partial charge is 0.474 e. The van der Waals surface area contributed by atoms with Gasteiger partial charge in [-0.1, -0.05) is 26.8 Å². The Hall–Kier alpha value is -1.09. The van der Waals surface area contributed by atoms with Crippen LogP contribution in [-0.4, -0.2) is 17.6 Å². The Kier molecular flexibility index (Phi) is 5.63. The molecule has 1 saturated carbocycles. The average molecular weight is 290 g/mol. The van der Waals surface area contributed by atoms with E-state index >= 15 is 0 Å². The number of nitrogens with one attached hydrogen (secondary N) is 1. The molecule has 1 aromatic rings. The molecule has 0 spiro atoms. The summed E-state index contributed by atoms with van der Waals surface area (Å²) in [7, 11) is 0. The first-order chi connectivity index (χ1) is 10.00. The average Bonchev–Trinajstić information content (AvgIpc) is 2.44. The minimum absolute atomic E-state index is 0.342. The quantitative estimate of drug-likeness (QED) is 0.796. The van der Waals surface area contributed by atoms with Gasteiger partial charge in [-0.05, 0) is 56.6 Å². The number of ether oxygens (including phenoxy) is 1. The molecular weight excluding hydrogens is 260 g/mol. The van der Waals surface area contributed by atoms with Crippen LogP contribution in [0.25, 0.3) is 0 Å². The van der Waals surface area contributed by atoms with Crippen molar-refractivity contribution < 1.29 is 4.74 Å². The van der Waals surface area contributed by atoms with Gasteiger partial charge in [-0.2, -0.15) is 0 Å². The molecule has 0 amide bonds. The molecule has 0 saturated heterocycles. The first-order valence-corrected chi connectivity index (χ1v) is 8.34. The SMILES string of the molecule is CCCNCc1ccc(OC2CCC(C)(C)CC2)nc1C. The van der Waals surface area contributed by atoms with E-state index in [0.29, 0.717) is 11.5 Å². The van der Waals surface area contributed by atoms with E-state index in [1.165, 1.54) is 18.4 Å². The third kappa shape index (κ3) is 4.99. The molecule has 3 nitrogen and oxygen atoms in total. The highest BCUT2D eigenvalue weighted by molar-refractivity contribution is 5.25. The summed E-state index contributed by atoms with van der Waals surface area (Å²) in [4.78, 5) is 4.62. The predicted molar refractivity (Wildman–Crippen MR) is 87.6 cm³/mol. The summed E-state index contributed by atoms with van der Waals surface area (Å²) in [6.45, 7) is 10.9. The van der Waals surface area contributed by atoms with E-state index in [4.69, 9.17) is 4.74 Å². The molecule has 1 aliphatic rings. The fraction of sp³-hybridized carbons (Fsp3) is 0.722. The van der Waals surface area contributed by atoms with Gasteiger partial charge in [0.25, 0.3) is 0 Å². The summed E-state index contributed by atoms with van der Waals surface area (Å²) in [5.74, 6) is 0.788. The van der Waals surface area contributed by atoms with Crippen LogP contribution in [0.4, 0.5) is 0 Å². The Bertz CT molecular complexity index is 447. The van der Waals surface area contributed by atoms with Crippen LogP contribution in [0.15, 0.2) is 12.1 Å². The fourth-order valence-electron chi connectivity index (χ4n) is 2.88. The van der Waals surface area contributed by atoms with Gasteiger partial charge in [-0.3, -0.25) is 0 Å². The number of nitrogens with zero attached hydrogens (tertiary/aromatic N) is 1. The maximum atomic E-state index is 6.08. The standard InChI is InChI=1S/C18H30N2O/c1-5-12-19-13-15-6-7-17(20-14(15)2)21-16-8-10-18(3,4)11-9-16/h6-7,16,19H,5,8-13H2,1-4H3. The zero-order valence-electron chi connectivity index (χ0n) is 14.0. The fourth-order valence-corrected chi connectivity index (χ4v) is 2.88. The first kappa shape index (κ1) is 16.3. The normalized spacial score (nSPS) is 18.7. The van der Waals surface area contributed by atoms with Crippen molar-refractivity contribution in [2.24, 2.45) is 5.41 Å². The van der Waals surface area contributed by atoms with Crippen LogP contribution < -0.4 is 10.1 Å². The molecule has 21 heavy (non-hydrogen) atoms. The van der Waals surface area contributed by atoms with Crippen LogP contribution >= 0.6 is 0 Å². The Morgan fingerprint density at radius 3 is 2.62 bits per heavy atom. The van der Waals surface area contributed by atoms with E-state index in [1.807, 2.05) is 6.07 Å². The van der Waals surface area contributed by atoms with Crippen molar-refractivity contribution >= 4 is 0 Å². The Morgan fingerprint density at radius 1 is 1.29 bits per heavy atom. The molecule has 0 bridgehead atoms. The van der Waals surface area contributed by atoms with E-state index in [2.05, 4.69) is 44.1 Å². The molecule has 0 unspecified atom stereocenters. The summed E-state index contributed by atoms with van der Waals surface area (Å²) < 4.78 is 6.08. The van der Waals surface area contributed by atoms with Crippen molar-refractivity contribution in [3.05, 3.63) is 23.4 Å². The van der Waals surface area contributed by atoms with Gasteiger partial charge in [0.05, 0.1) is 0 Å². The van der Waals surface area contributed by atoms with Gasteiger partial charge in [-0.15, -0.1) is 0 Å². The predicted octanol–water partition coefficient (Wildman–Crippen LogP) is 4.24. The van der Waals surface area contributed by atoms with Crippen LogP contribution in [0.3, 0.4) is 0 Å². The van der Waals surface area contributed by atoms with E-state index in [9.17, 15) is 0 Å². The minimum Gasteiger partial charge on any atom is -0.474 e. The van der Waals surface area contributed by atoms with Gasteiger partial charge >= 0.3 is 0 Å². The van der Waals surface area contributed by atoms with Crippen molar-refractivity contribution in [1.82, 2.24) is 10.3 Å². The molecular formula is C18H30N2O. The molecule has 1 fully saturated rings. The van der Waals surface area contributed by atoms with Crippen LogP contribution in [0.5, 0.6) is 5.88 Å². The molecule has 1 heterocycles. The Labute approximate surface area is 129 Å². The second-order valence-corrected chi connectivity index (χ2v) is 7.05. The lowest BCUT2D eigenvalue weighted by Gasteiger charge is -2.34. The highest BCUT2D eigenvalue weighted by Crippen LogP contribution is 2.36. The zero-order valence-corrected chi connectivity index (χ0v) is 14.0. The molecule has 0 aromatic carbocycles. The molecule has 1 aromatic heterocycles. The van der Waals surface area contributed by atoms with E-state index in [0.717, 1.165) is 43.9 Å². The van der Waals surface area contributed by atoms with Gasteiger partial charge in [0, 0.05) is 18.3 Å². The minimum atomic E-state index is 0.342. The van der Waals surface area contributed by atoms with Gasteiger partial charge in [0.2, 0.25) is 5.88 Å². The smallest absolute Gasteiger partial charge is 0.213 e. The lowest BCUT2D eigenvalue weighted by Crippen LogP contribution is -2.28. The second-order valence-electron chi connectivity index (χ2n) is 7.05. The summed E-state index contributed by atoms with van der Waals surface area (Å²) >= 11 is 0. The number of aryl methyl sites for hydroxylation is 1. The first-order valence-electron chi connectivity index (χ1n) is 8.34. The number of hydrogen-bond acceptors (Lipinski definition) is 3.